The number of aryl methyl sites for hydroxylation is 2. The molecule has 2 heterocycles. The van der Waals surface area contributed by atoms with Crippen molar-refractivity contribution >= 4 is 29.9 Å². The fourth-order valence-electron chi connectivity index (χ4n) is 2.56. The zero-order valence-corrected chi connectivity index (χ0v) is 19.4. The van der Waals surface area contributed by atoms with Crippen LogP contribution in [0.4, 0.5) is 4.39 Å². The van der Waals surface area contributed by atoms with Gasteiger partial charge in [0.1, 0.15) is 17.3 Å². The highest BCUT2D eigenvalue weighted by atomic mass is 127. The van der Waals surface area contributed by atoms with Gasteiger partial charge < -0.3 is 19.8 Å². The molecule has 2 N–H and O–H groups in total. The van der Waals surface area contributed by atoms with Crippen LogP contribution in [-0.2, 0) is 13.1 Å². The van der Waals surface area contributed by atoms with E-state index in [1.165, 1.54) is 12.1 Å². The molecule has 0 radical (unpaired) electrons. The molecule has 2 aromatic heterocycles. The van der Waals surface area contributed by atoms with Gasteiger partial charge in [0.25, 0.3) is 0 Å². The van der Waals surface area contributed by atoms with E-state index in [9.17, 15) is 4.39 Å². The lowest BCUT2D eigenvalue weighted by molar-refractivity contribution is 0.451. The summed E-state index contributed by atoms with van der Waals surface area (Å²) in [4.78, 5) is 13.2. The third-order valence-corrected chi connectivity index (χ3v) is 4.09. The molecule has 160 valence electrons. The number of rotatable bonds is 7. The van der Waals surface area contributed by atoms with Crippen LogP contribution in [0, 0.1) is 19.7 Å². The first-order valence-electron chi connectivity index (χ1n) is 9.37. The number of aromatic nitrogens is 2. The first kappa shape index (κ1) is 23.6. The fraction of sp³-hybridized carbons (Fsp3) is 0.286. The molecule has 3 aromatic rings. The monoisotopic (exact) mass is 525 g/mol. The maximum Gasteiger partial charge on any atom is 0.224 e. The van der Waals surface area contributed by atoms with Gasteiger partial charge in [-0.1, -0.05) is 12.1 Å². The Morgan fingerprint density at radius 3 is 2.73 bits per heavy atom. The topological polar surface area (TPSA) is 84.6 Å². The van der Waals surface area contributed by atoms with Crippen molar-refractivity contribution in [2.24, 2.45) is 4.99 Å². The van der Waals surface area contributed by atoms with Crippen LogP contribution in [0.2, 0.25) is 0 Å². The largest absolute Gasteiger partial charge is 0.444 e. The SMILES string of the molecule is CCNC(=NCc1cccnc1Oc1cccc(F)c1)NCc1nc(C)c(C)o1.I. The Morgan fingerprint density at radius 1 is 1.20 bits per heavy atom. The minimum atomic E-state index is -0.367. The van der Waals surface area contributed by atoms with Crippen molar-refractivity contribution < 1.29 is 13.5 Å². The number of hydrogen-bond acceptors (Lipinski definition) is 5. The fourth-order valence-corrected chi connectivity index (χ4v) is 2.56. The Balaban J connectivity index is 0.00000320. The molecule has 0 spiro atoms. The van der Waals surface area contributed by atoms with E-state index in [0.717, 1.165) is 17.0 Å². The van der Waals surface area contributed by atoms with Crippen LogP contribution in [-0.4, -0.2) is 22.5 Å². The summed E-state index contributed by atoms with van der Waals surface area (Å²) in [7, 11) is 0. The quantitative estimate of drug-likeness (QED) is 0.269. The number of nitrogens with one attached hydrogen (secondary N) is 2. The standard InChI is InChI=1S/C21H24FN5O2.HI/c1-4-23-21(26-13-19-27-14(2)15(3)28-19)25-12-16-7-6-10-24-20(16)29-18-9-5-8-17(22)11-18;/h5-11H,4,12-13H2,1-3H3,(H2,23,25,26);1H. The minimum Gasteiger partial charge on any atom is -0.444 e. The molecule has 7 nitrogen and oxygen atoms in total. The number of pyridine rings is 1. The second kappa shape index (κ2) is 11.5. The zero-order chi connectivity index (χ0) is 20.6. The van der Waals surface area contributed by atoms with Crippen LogP contribution >= 0.6 is 24.0 Å². The van der Waals surface area contributed by atoms with E-state index in [0.29, 0.717) is 43.1 Å². The van der Waals surface area contributed by atoms with Gasteiger partial charge in [0.05, 0.1) is 18.8 Å². The van der Waals surface area contributed by atoms with Crippen LogP contribution < -0.4 is 15.4 Å². The van der Waals surface area contributed by atoms with E-state index >= 15 is 0 Å². The van der Waals surface area contributed by atoms with Crippen molar-refractivity contribution in [1.29, 1.82) is 0 Å². The van der Waals surface area contributed by atoms with Crippen LogP contribution in [0.3, 0.4) is 0 Å². The molecular weight excluding hydrogens is 500 g/mol. The van der Waals surface area contributed by atoms with E-state index in [-0.39, 0.29) is 29.8 Å². The number of guanidine groups is 1. The van der Waals surface area contributed by atoms with Crippen LogP contribution in [0.5, 0.6) is 11.6 Å². The molecule has 0 aliphatic carbocycles. The highest BCUT2D eigenvalue weighted by Gasteiger charge is 2.09. The molecule has 0 aliphatic heterocycles. The van der Waals surface area contributed by atoms with Gasteiger partial charge in [-0.2, -0.15) is 0 Å². The van der Waals surface area contributed by atoms with Gasteiger partial charge in [0, 0.05) is 24.4 Å². The average molecular weight is 525 g/mol. The Labute approximate surface area is 192 Å². The van der Waals surface area contributed by atoms with Crippen molar-refractivity contribution in [2.75, 3.05) is 6.54 Å². The Morgan fingerprint density at radius 2 is 2.03 bits per heavy atom. The first-order chi connectivity index (χ1) is 14.0. The lowest BCUT2D eigenvalue weighted by Crippen LogP contribution is -2.36. The maximum atomic E-state index is 13.4. The average Bonchev–Trinajstić information content (AvgIpc) is 3.02. The molecule has 1 aromatic carbocycles. The number of aliphatic imine (C=N–C) groups is 1. The number of nitrogens with zero attached hydrogens (tertiary/aromatic N) is 3. The van der Waals surface area contributed by atoms with Gasteiger partial charge in [-0.15, -0.1) is 24.0 Å². The van der Waals surface area contributed by atoms with Gasteiger partial charge in [-0.25, -0.2) is 19.4 Å². The summed E-state index contributed by atoms with van der Waals surface area (Å²) in [5.74, 6) is 2.42. The number of benzene rings is 1. The van der Waals surface area contributed by atoms with Gasteiger partial charge in [-0.05, 0) is 39.0 Å². The van der Waals surface area contributed by atoms with Gasteiger partial charge in [-0.3, -0.25) is 0 Å². The van der Waals surface area contributed by atoms with Crippen molar-refractivity contribution in [3.05, 3.63) is 71.3 Å². The minimum absolute atomic E-state index is 0. The van der Waals surface area contributed by atoms with Crippen molar-refractivity contribution in [3.8, 4) is 11.6 Å². The van der Waals surface area contributed by atoms with Crippen LogP contribution in [0.15, 0.2) is 52.0 Å². The van der Waals surface area contributed by atoms with E-state index < -0.39 is 0 Å². The molecule has 0 fully saturated rings. The van der Waals surface area contributed by atoms with Crippen molar-refractivity contribution in [1.82, 2.24) is 20.6 Å². The number of ether oxygens (including phenoxy) is 1. The van der Waals surface area contributed by atoms with Crippen LogP contribution in [0.25, 0.3) is 0 Å². The molecule has 3 rings (SSSR count). The molecule has 30 heavy (non-hydrogen) atoms. The normalized spacial score (nSPS) is 11.0. The third kappa shape index (κ3) is 6.68. The lowest BCUT2D eigenvalue weighted by atomic mass is 10.2. The summed E-state index contributed by atoms with van der Waals surface area (Å²) in [6.45, 7) is 7.23. The molecular formula is C21H25FIN5O2. The van der Waals surface area contributed by atoms with E-state index in [1.807, 2.05) is 32.9 Å². The molecule has 0 saturated carbocycles. The highest BCUT2D eigenvalue weighted by molar-refractivity contribution is 14.0. The van der Waals surface area contributed by atoms with Crippen molar-refractivity contribution in [2.45, 2.75) is 33.9 Å². The second-order valence-corrected chi connectivity index (χ2v) is 6.33. The second-order valence-electron chi connectivity index (χ2n) is 6.33. The first-order valence-corrected chi connectivity index (χ1v) is 9.37. The highest BCUT2D eigenvalue weighted by Crippen LogP contribution is 2.24. The van der Waals surface area contributed by atoms with E-state index in [2.05, 4.69) is 25.6 Å². The number of hydrogen-bond donors (Lipinski definition) is 2. The molecule has 0 amide bonds. The molecule has 0 bridgehead atoms. The molecule has 9 heteroatoms. The Kier molecular flexibility index (Phi) is 9.03. The van der Waals surface area contributed by atoms with Crippen molar-refractivity contribution in [3.63, 3.8) is 0 Å². The smallest absolute Gasteiger partial charge is 0.224 e. The van der Waals surface area contributed by atoms with E-state index in [1.54, 1.807) is 18.3 Å². The summed E-state index contributed by atoms with van der Waals surface area (Å²) in [6, 6.07) is 9.62. The molecule has 0 atom stereocenters. The number of halogens is 2. The summed E-state index contributed by atoms with van der Waals surface area (Å²) in [5.41, 5.74) is 1.65. The summed E-state index contributed by atoms with van der Waals surface area (Å²) in [5, 5.41) is 6.38. The zero-order valence-electron chi connectivity index (χ0n) is 17.1. The summed E-state index contributed by atoms with van der Waals surface area (Å²) >= 11 is 0. The van der Waals surface area contributed by atoms with E-state index in [4.69, 9.17) is 9.15 Å². The summed E-state index contributed by atoms with van der Waals surface area (Å²) < 4.78 is 24.7. The molecule has 0 saturated heterocycles. The third-order valence-electron chi connectivity index (χ3n) is 4.09. The predicted molar refractivity (Wildman–Crippen MR) is 124 cm³/mol. The molecule has 0 aliphatic rings. The van der Waals surface area contributed by atoms with Crippen LogP contribution in [0.1, 0.15) is 29.8 Å². The summed E-state index contributed by atoms with van der Waals surface area (Å²) in [6.07, 6.45) is 1.62. The maximum absolute atomic E-state index is 13.4. The number of oxazole rings is 1. The Bertz CT molecular complexity index is 974. The molecule has 0 unspecified atom stereocenters. The van der Waals surface area contributed by atoms with Gasteiger partial charge in [0.2, 0.25) is 11.8 Å². The Hall–Kier alpha value is -2.69. The van der Waals surface area contributed by atoms with Gasteiger partial charge in [0.15, 0.2) is 5.96 Å². The lowest BCUT2D eigenvalue weighted by Gasteiger charge is -2.11. The van der Waals surface area contributed by atoms with Gasteiger partial charge >= 0.3 is 0 Å². The predicted octanol–water partition coefficient (Wildman–Crippen LogP) is 4.49.